The van der Waals surface area contributed by atoms with Gasteiger partial charge in [-0.2, -0.15) is 10.2 Å². The summed E-state index contributed by atoms with van der Waals surface area (Å²) >= 11 is 0. The number of carbonyl (C=O) groups is 2. The molecule has 1 saturated heterocycles. The molecule has 4 heterocycles. The van der Waals surface area contributed by atoms with Crippen LogP contribution < -0.4 is 0 Å². The number of carboxylic acid groups (broad SMARTS) is 1. The van der Waals surface area contributed by atoms with Crippen LogP contribution in [0.5, 0.6) is 0 Å². The third-order valence-electron chi connectivity index (χ3n) is 5.67. The van der Waals surface area contributed by atoms with Gasteiger partial charge in [0.2, 0.25) is 5.91 Å². The van der Waals surface area contributed by atoms with Gasteiger partial charge in [-0.25, -0.2) is 18.7 Å². The molecular formula is C22H20FN7O3. The van der Waals surface area contributed by atoms with Gasteiger partial charge in [0, 0.05) is 49.6 Å². The maximum absolute atomic E-state index is 15.1. The SMILES string of the molecule is Cn1cc(-c2cn3nccc3c(-c3ccc(CN4CCN(C(=O)O)CC4=O)c(F)c3)n2)cn1. The lowest BCUT2D eigenvalue weighted by Gasteiger charge is -2.32. The molecule has 0 radical (unpaired) electrons. The Labute approximate surface area is 187 Å². The topological polar surface area (TPSA) is 109 Å². The van der Waals surface area contributed by atoms with Crippen molar-refractivity contribution in [1.82, 2.24) is 34.2 Å². The van der Waals surface area contributed by atoms with Crippen LogP contribution in [0.3, 0.4) is 0 Å². The van der Waals surface area contributed by atoms with Gasteiger partial charge < -0.3 is 10.0 Å². The molecule has 5 rings (SSSR count). The fourth-order valence-corrected chi connectivity index (χ4v) is 3.90. The molecule has 0 bridgehead atoms. The minimum atomic E-state index is -1.13. The molecule has 0 saturated carbocycles. The number of amides is 2. The van der Waals surface area contributed by atoms with Gasteiger partial charge in [-0.3, -0.25) is 14.4 Å². The van der Waals surface area contributed by atoms with E-state index in [9.17, 15) is 9.59 Å². The van der Waals surface area contributed by atoms with Crippen molar-refractivity contribution in [1.29, 1.82) is 0 Å². The van der Waals surface area contributed by atoms with E-state index in [-0.39, 0.29) is 32.1 Å². The lowest BCUT2D eigenvalue weighted by Crippen LogP contribution is -2.51. The van der Waals surface area contributed by atoms with Crippen molar-refractivity contribution in [3.8, 4) is 22.5 Å². The molecule has 1 aliphatic rings. The van der Waals surface area contributed by atoms with Crippen LogP contribution >= 0.6 is 0 Å². The molecule has 11 heteroatoms. The Balaban J connectivity index is 1.44. The standard InChI is InChI=1S/C22H20FN7O3/c1-27-10-16(9-25-27)18-12-30-19(4-5-24-30)21(26-18)14-2-3-15(17(23)8-14)11-28-6-7-29(22(32)33)13-20(28)31/h2-5,8-10,12H,6-7,11,13H2,1H3,(H,32,33). The van der Waals surface area contributed by atoms with Crippen LogP contribution in [-0.4, -0.2) is 70.9 Å². The smallest absolute Gasteiger partial charge is 0.407 e. The average molecular weight is 449 g/mol. The molecule has 1 aromatic carbocycles. The van der Waals surface area contributed by atoms with Gasteiger partial charge in [-0.05, 0) is 12.1 Å². The normalized spacial score (nSPS) is 14.3. The summed E-state index contributed by atoms with van der Waals surface area (Å²) in [6.45, 7) is 0.269. The van der Waals surface area contributed by atoms with E-state index in [2.05, 4.69) is 10.2 Å². The lowest BCUT2D eigenvalue weighted by molar-refractivity contribution is -0.135. The zero-order chi connectivity index (χ0) is 23.1. The number of fused-ring (bicyclic) bond motifs is 1. The zero-order valence-electron chi connectivity index (χ0n) is 17.7. The average Bonchev–Trinajstić information content (AvgIpc) is 3.44. The molecule has 0 atom stereocenters. The van der Waals surface area contributed by atoms with Crippen molar-refractivity contribution in [2.75, 3.05) is 19.6 Å². The van der Waals surface area contributed by atoms with Crippen molar-refractivity contribution >= 4 is 17.5 Å². The number of hydrogen-bond donors (Lipinski definition) is 1. The Kier molecular flexibility index (Phi) is 5.00. The molecule has 0 aliphatic carbocycles. The summed E-state index contributed by atoms with van der Waals surface area (Å²) in [5.41, 5.74) is 3.70. The van der Waals surface area contributed by atoms with Crippen LogP contribution in [0.2, 0.25) is 0 Å². The maximum atomic E-state index is 15.1. The first-order chi connectivity index (χ1) is 15.9. The number of hydrogen-bond acceptors (Lipinski definition) is 5. The number of rotatable bonds is 4. The summed E-state index contributed by atoms with van der Waals surface area (Å²) in [6, 6.07) is 6.60. The van der Waals surface area contributed by atoms with E-state index in [4.69, 9.17) is 10.1 Å². The van der Waals surface area contributed by atoms with Crippen molar-refractivity contribution in [3.63, 3.8) is 0 Å². The quantitative estimate of drug-likeness (QED) is 0.512. The summed E-state index contributed by atoms with van der Waals surface area (Å²) in [5.74, 6) is -0.814. The summed E-state index contributed by atoms with van der Waals surface area (Å²) < 4.78 is 18.4. The van der Waals surface area contributed by atoms with Gasteiger partial charge in [0.05, 0.1) is 35.5 Å². The number of piperazine rings is 1. The molecule has 0 unspecified atom stereocenters. The number of benzene rings is 1. The highest BCUT2D eigenvalue weighted by molar-refractivity contribution is 5.83. The van der Waals surface area contributed by atoms with Crippen molar-refractivity contribution in [3.05, 3.63) is 60.4 Å². The Bertz CT molecular complexity index is 1380. The van der Waals surface area contributed by atoms with Gasteiger partial charge >= 0.3 is 6.09 Å². The lowest BCUT2D eigenvalue weighted by atomic mass is 10.1. The van der Waals surface area contributed by atoms with Crippen LogP contribution in [0, 0.1) is 5.82 Å². The number of aromatic nitrogens is 5. The van der Waals surface area contributed by atoms with Crippen molar-refractivity contribution < 1.29 is 19.1 Å². The van der Waals surface area contributed by atoms with Gasteiger partial charge in [0.15, 0.2) is 0 Å². The largest absolute Gasteiger partial charge is 0.465 e. The van der Waals surface area contributed by atoms with Crippen molar-refractivity contribution in [2.45, 2.75) is 6.54 Å². The second-order valence-corrected chi connectivity index (χ2v) is 7.86. The highest BCUT2D eigenvalue weighted by Crippen LogP contribution is 2.28. The molecule has 4 aromatic rings. The Hall–Kier alpha value is -4.28. The third-order valence-corrected chi connectivity index (χ3v) is 5.67. The van der Waals surface area contributed by atoms with E-state index >= 15 is 4.39 Å². The van der Waals surface area contributed by atoms with Crippen LogP contribution in [-0.2, 0) is 18.4 Å². The summed E-state index contributed by atoms with van der Waals surface area (Å²) in [4.78, 5) is 30.6. The van der Waals surface area contributed by atoms with E-state index < -0.39 is 11.9 Å². The fourth-order valence-electron chi connectivity index (χ4n) is 3.90. The Morgan fingerprint density at radius 2 is 2.00 bits per heavy atom. The highest BCUT2D eigenvalue weighted by atomic mass is 19.1. The number of halogens is 1. The molecule has 10 nitrogen and oxygen atoms in total. The minimum Gasteiger partial charge on any atom is -0.465 e. The summed E-state index contributed by atoms with van der Waals surface area (Å²) in [7, 11) is 1.82. The van der Waals surface area contributed by atoms with Crippen LogP contribution in [0.25, 0.3) is 28.0 Å². The monoisotopic (exact) mass is 449 g/mol. The van der Waals surface area contributed by atoms with Gasteiger partial charge in [-0.15, -0.1) is 0 Å². The van der Waals surface area contributed by atoms with E-state index in [0.29, 0.717) is 22.5 Å². The first-order valence-electron chi connectivity index (χ1n) is 10.3. The van der Waals surface area contributed by atoms with E-state index in [0.717, 1.165) is 16.0 Å². The first-order valence-corrected chi connectivity index (χ1v) is 10.3. The number of carbonyl (C=O) groups excluding carboxylic acids is 1. The van der Waals surface area contributed by atoms with Crippen molar-refractivity contribution in [2.24, 2.45) is 7.05 Å². The summed E-state index contributed by atoms with van der Waals surface area (Å²) in [6.07, 6.45) is 5.85. The molecule has 1 fully saturated rings. The molecule has 33 heavy (non-hydrogen) atoms. The first kappa shape index (κ1) is 20.6. The Morgan fingerprint density at radius 3 is 2.70 bits per heavy atom. The highest BCUT2D eigenvalue weighted by Gasteiger charge is 2.27. The van der Waals surface area contributed by atoms with Crippen LogP contribution in [0.15, 0.2) is 49.1 Å². The number of nitrogens with zero attached hydrogens (tertiary/aromatic N) is 7. The second kappa shape index (κ2) is 8.01. The zero-order valence-corrected chi connectivity index (χ0v) is 17.7. The molecule has 1 N–H and O–H groups in total. The molecular weight excluding hydrogens is 429 g/mol. The second-order valence-electron chi connectivity index (χ2n) is 7.86. The van der Waals surface area contributed by atoms with E-state index in [1.54, 1.807) is 39.9 Å². The number of aryl methyl sites for hydroxylation is 1. The Morgan fingerprint density at radius 1 is 1.15 bits per heavy atom. The predicted octanol–water partition coefficient (Wildman–Crippen LogP) is 2.26. The molecule has 0 spiro atoms. The summed E-state index contributed by atoms with van der Waals surface area (Å²) in [5, 5.41) is 17.5. The predicted molar refractivity (Wildman–Crippen MR) is 116 cm³/mol. The minimum absolute atomic E-state index is 0.0731. The molecule has 2 amide bonds. The van der Waals surface area contributed by atoms with Crippen LogP contribution in [0.4, 0.5) is 9.18 Å². The molecule has 3 aromatic heterocycles. The van der Waals surface area contributed by atoms with E-state index in [1.807, 2.05) is 19.3 Å². The molecule has 1 aliphatic heterocycles. The third kappa shape index (κ3) is 3.88. The van der Waals surface area contributed by atoms with Gasteiger partial charge in [-0.1, -0.05) is 12.1 Å². The van der Waals surface area contributed by atoms with E-state index in [1.165, 1.54) is 11.0 Å². The maximum Gasteiger partial charge on any atom is 0.407 e. The molecule has 168 valence electrons. The van der Waals surface area contributed by atoms with Gasteiger partial charge in [0.1, 0.15) is 12.4 Å². The van der Waals surface area contributed by atoms with Crippen LogP contribution in [0.1, 0.15) is 5.56 Å². The van der Waals surface area contributed by atoms with Gasteiger partial charge in [0.25, 0.3) is 0 Å². The fraction of sp³-hybridized carbons (Fsp3) is 0.227.